The molecule has 0 saturated heterocycles. The number of fused-ring (bicyclic) bond motifs is 3. The summed E-state index contributed by atoms with van der Waals surface area (Å²) in [7, 11) is 0. The number of carboxylic acid groups (broad SMARTS) is 1. The number of benzene rings is 1. The Labute approximate surface area is 135 Å². The maximum absolute atomic E-state index is 12.1. The highest BCUT2D eigenvalue weighted by molar-refractivity contribution is 5.91. The van der Waals surface area contributed by atoms with Crippen molar-refractivity contribution in [3.63, 3.8) is 0 Å². The molecule has 0 saturated carbocycles. The third-order valence-corrected chi connectivity index (χ3v) is 4.40. The van der Waals surface area contributed by atoms with Crippen LogP contribution in [0.5, 0.6) is 0 Å². The van der Waals surface area contributed by atoms with Gasteiger partial charge in [0.25, 0.3) is 0 Å². The number of allylic oxidation sites excluding steroid dienone is 2. The summed E-state index contributed by atoms with van der Waals surface area (Å²) in [6.45, 7) is 4.35. The summed E-state index contributed by atoms with van der Waals surface area (Å²) in [4.78, 5) is 23.5. The Morgan fingerprint density at radius 3 is 2.87 bits per heavy atom. The number of esters is 1. The Morgan fingerprint density at radius 1 is 1.39 bits per heavy atom. The first-order valence-corrected chi connectivity index (χ1v) is 7.92. The van der Waals surface area contributed by atoms with Gasteiger partial charge in [0, 0.05) is 11.6 Å². The molecule has 0 fully saturated rings. The van der Waals surface area contributed by atoms with E-state index in [4.69, 9.17) is 4.74 Å². The third kappa shape index (κ3) is 2.96. The number of hydrogen-bond donors (Lipinski definition) is 1. The van der Waals surface area contributed by atoms with Crippen LogP contribution in [0.15, 0.2) is 30.4 Å². The number of carbonyl (C=O) groups excluding carboxylic acids is 2. The quantitative estimate of drug-likeness (QED) is 0.676. The highest BCUT2D eigenvalue weighted by atomic mass is 16.5. The SMILES string of the molecule is CC(C)COC(=O)c1ccc2c(c1)[C@H]1C=CC[C@H]1[C@H](C(=O)[O-])N2. The lowest BCUT2D eigenvalue weighted by Crippen LogP contribution is -2.48. The van der Waals surface area contributed by atoms with E-state index in [1.54, 1.807) is 12.1 Å². The van der Waals surface area contributed by atoms with Crippen LogP contribution in [0.3, 0.4) is 0 Å². The van der Waals surface area contributed by atoms with Gasteiger partial charge in [-0.05, 0) is 42.0 Å². The van der Waals surface area contributed by atoms with Gasteiger partial charge in [0.1, 0.15) is 0 Å². The van der Waals surface area contributed by atoms with E-state index in [1.807, 2.05) is 32.1 Å². The molecule has 2 aliphatic rings. The molecule has 1 aliphatic heterocycles. The summed E-state index contributed by atoms with van der Waals surface area (Å²) in [5, 5.41) is 14.4. The average Bonchev–Trinajstić information content (AvgIpc) is 3.00. The summed E-state index contributed by atoms with van der Waals surface area (Å²) in [6.07, 6.45) is 4.70. The maximum Gasteiger partial charge on any atom is 0.338 e. The van der Waals surface area contributed by atoms with Gasteiger partial charge in [0.15, 0.2) is 0 Å². The fourth-order valence-corrected chi connectivity index (χ4v) is 3.28. The van der Waals surface area contributed by atoms with Crippen LogP contribution in [0.4, 0.5) is 5.69 Å². The van der Waals surface area contributed by atoms with Gasteiger partial charge in [0.2, 0.25) is 0 Å². The smallest absolute Gasteiger partial charge is 0.338 e. The van der Waals surface area contributed by atoms with Gasteiger partial charge in [-0.2, -0.15) is 0 Å². The third-order valence-electron chi connectivity index (χ3n) is 4.40. The van der Waals surface area contributed by atoms with Crippen molar-refractivity contribution in [3.05, 3.63) is 41.5 Å². The Kier molecular flexibility index (Phi) is 4.11. The van der Waals surface area contributed by atoms with Crippen LogP contribution in [0, 0.1) is 11.8 Å². The van der Waals surface area contributed by atoms with Crippen LogP contribution in [0.25, 0.3) is 0 Å². The fraction of sp³-hybridized carbons (Fsp3) is 0.444. The molecule has 0 radical (unpaired) electrons. The van der Waals surface area contributed by atoms with E-state index in [0.29, 0.717) is 18.6 Å². The van der Waals surface area contributed by atoms with Crippen molar-refractivity contribution in [2.24, 2.45) is 11.8 Å². The summed E-state index contributed by atoms with van der Waals surface area (Å²) < 4.78 is 5.27. The Hall–Kier alpha value is -2.30. The Morgan fingerprint density at radius 2 is 2.17 bits per heavy atom. The minimum absolute atomic E-state index is 0.00741. The van der Waals surface area contributed by atoms with E-state index < -0.39 is 12.0 Å². The van der Waals surface area contributed by atoms with Crippen LogP contribution in [0.2, 0.25) is 0 Å². The number of carboxylic acids is 1. The summed E-state index contributed by atoms with van der Waals surface area (Å²) >= 11 is 0. The minimum atomic E-state index is -1.09. The van der Waals surface area contributed by atoms with Gasteiger partial charge in [-0.15, -0.1) is 0 Å². The molecule has 1 N–H and O–H groups in total. The van der Waals surface area contributed by atoms with Crippen LogP contribution in [0.1, 0.15) is 42.1 Å². The van der Waals surface area contributed by atoms with Gasteiger partial charge >= 0.3 is 5.97 Å². The van der Waals surface area contributed by atoms with E-state index in [-0.39, 0.29) is 23.7 Å². The molecular weight excluding hydrogens is 294 g/mol. The van der Waals surface area contributed by atoms with Crippen molar-refractivity contribution in [2.75, 3.05) is 11.9 Å². The van der Waals surface area contributed by atoms with Gasteiger partial charge in [-0.3, -0.25) is 0 Å². The van der Waals surface area contributed by atoms with Crippen LogP contribution in [-0.2, 0) is 9.53 Å². The average molecular weight is 314 g/mol. The molecule has 0 aromatic heterocycles. The molecule has 1 aromatic carbocycles. The topological polar surface area (TPSA) is 78.5 Å². The van der Waals surface area contributed by atoms with Crippen LogP contribution >= 0.6 is 0 Å². The lowest BCUT2D eigenvalue weighted by Gasteiger charge is -2.37. The van der Waals surface area contributed by atoms with Gasteiger partial charge in [-0.1, -0.05) is 26.0 Å². The molecule has 1 aliphatic carbocycles. The lowest BCUT2D eigenvalue weighted by atomic mass is 9.79. The molecule has 23 heavy (non-hydrogen) atoms. The minimum Gasteiger partial charge on any atom is -0.548 e. The van der Waals surface area contributed by atoms with E-state index in [9.17, 15) is 14.7 Å². The van der Waals surface area contributed by atoms with Crippen molar-refractivity contribution >= 4 is 17.6 Å². The second-order valence-corrected chi connectivity index (χ2v) is 6.59. The van der Waals surface area contributed by atoms with Crippen LogP contribution < -0.4 is 10.4 Å². The highest BCUT2D eigenvalue weighted by Crippen LogP contribution is 2.44. The van der Waals surface area contributed by atoms with E-state index in [2.05, 4.69) is 5.32 Å². The van der Waals surface area contributed by atoms with E-state index in [1.165, 1.54) is 0 Å². The molecule has 0 bridgehead atoms. The van der Waals surface area contributed by atoms with Crippen molar-refractivity contribution in [2.45, 2.75) is 32.2 Å². The van der Waals surface area contributed by atoms with Gasteiger partial charge in [-0.25, -0.2) is 4.79 Å². The first kappa shape index (κ1) is 15.6. The monoisotopic (exact) mass is 314 g/mol. The molecule has 3 atom stereocenters. The second-order valence-electron chi connectivity index (χ2n) is 6.59. The second kappa shape index (κ2) is 6.07. The molecule has 1 heterocycles. The predicted molar refractivity (Wildman–Crippen MR) is 84.0 cm³/mol. The normalized spacial score (nSPS) is 24.7. The number of ether oxygens (including phenoxy) is 1. The molecule has 5 nitrogen and oxygen atoms in total. The molecule has 0 unspecified atom stereocenters. The molecular formula is C18H20NO4-. The van der Waals surface area contributed by atoms with Crippen molar-refractivity contribution in [3.8, 4) is 0 Å². The first-order valence-electron chi connectivity index (χ1n) is 7.92. The number of rotatable bonds is 4. The lowest BCUT2D eigenvalue weighted by molar-refractivity contribution is -0.308. The highest BCUT2D eigenvalue weighted by Gasteiger charge is 2.38. The van der Waals surface area contributed by atoms with Crippen molar-refractivity contribution in [1.29, 1.82) is 0 Å². The maximum atomic E-state index is 12.1. The molecule has 5 heteroatoms. The predicted octanol–water partition coefficient (Wildman–Crippen LogP) is 1.70. The molecule has 0 amide bonds. The van der Waals surface area contributed by atoms with Gasteiger partial charge < -0.3 is 20.0 Å². The van der Waals surface area contributed by atoms with Crippen molar-refractivity contribution in [1.82, 2.24) is 0 Å². The van der Waals surface area contributed by atoms with Crippen LogP contribution in [-0.4, -0.2) is 24.6 Å². The molecule has 0 spiro atoms. The first-order chi connectivity index (χ1) is 11.0. The zero-order valence-corrected chi connectivity index (χ0v) is 13.2. The molecule has 1 aromatic rings. The fourth-order valence-electron chi connectivity index (χ4n) is 3.28. The zero-order chi connectivity index (χ0) is 16.6. The number of aliphatic carboxylic acids is 1. The zero-order valence-electron chi connectivity index (χ0n) is 13.2. The number of nitrogens with one attached hydrogen (secondary N) is 1. The number of anilines is 1. The largest absolute Gasteiger partial charge is 0.548 e. The van der Waals surface area contributed by atoms with E-state index >= 15 is 0 Å². The molecule has 3 rings (SSSR count). The Balaban J connectivity index is 1.88. The van der Waals surface area contributed by atoms with E-state index in [0.717, 1.165) is 11.3 Å². The van der Waals surface area contributed by atoms with Crippen molar-refractivity contribution < 1.29 is 19.4 Å². The summed E-state index contributed by atoms with van der Waals surface area (Å²) in [6, 6.07) is 4.52. The summed E-state index contributed by atoms with van der Waals surface area (Å²) in [5.74, 6) is -1.23. The molecule has 122 valence electrons. The standard InChI is InChI=1S/C18H21NO4/c1-10(2)9-23-18(22)11-6-7-15-14(8-11)12-4-3-5-13(12)16(19-15)17(20)21/h3-4,6-8,10,12-13,16,19H,5,9H2,1-2H3,(H,20,21)/p-1/t12-,13+,16+/m0/s1. The number of hydrogen-bond acceptors (Lipinski definition) is 5. The summed E-state index contributed by atoms with van der Waals surface area (Å²) in [5.41, 5.74) is 2.19. The van der Waals surface area contributed by atoms with Gasteiger partial charge in [0.05, 0.1) is 24.2 Å². The Bertz CT molecular complexity index is 665. The number of carbonyl (C=O) groups is 2.